The molecule has 0 bridgehead atoms. The Bertz CT molecular complexity index is 253. The second-order valence-corrected chi connectivity index (χ2v) is 5.68. The first kappa shape index (κ1) is 8.73. The van der Waals surface area contributed by atoms with Gasteiger partial charge in [0.25, 0.3) is 0 Å². The molecule has 2 rings (SSSR count). The molecule has 3 heteroatoms. The van der Waals surface area contributed by atoms with E-state index < -0.39 is 0 Å². The Hall–Kier alpha value is 0.140. The van der Waals surface area contributed by atoms with Crippen LogP contribution in [0.5, 0.6) is 0 Å². The SMILES string of the molecule is Brc1ccc([C@H]2CCCNC2)s1. The summed E-state index contributed by atoms with van der Waals surface area (Å²) in [6.45, 7) is 2.36. The number of halogens is 1. The number of nitrogens with one attached hydrogen (secondary N) is 1. The molecule has 1 aliphatic heterocycles. The summed E-state index contributed by atoms with van der Waals surface area (Å²) in [6, 6.07) is 4.39. The van der Waals surface area contributed by atoms with Crippen LogP contribution in [-0.2, 0) is 0 Å². The van der Waals surface area contributed by atoms with Gasteiger partial charge in [0.05, 0.1) is 3.79 Å². The van der Waals surface area contributed by atoms with E-state index in [4.69, 9.17) is 0 Å². The lowest BCUT2D eigenvalue weighted by molar-refractivity contribution is 0.466. The van der Waals surface area contributed by atoms with Gasteiger partial charge in [0.1, 0.15) is 0 Å². The van der Waals surface area contributed by atoms with Crippen LogP contribution in [0.25, 0.3) is 0 Å². The molecular weight excluding hydrogens is 234 g/mol. The topological polar surface area (TPSA) is 12.0 Å². The first-order chi connectivity index (χ1) is 5.86. The summed E-state index contributed by atoms with van der Waals surface area (Å²) >= 11 is 5.37. The quantitative estimate of drug-likeness (QED) is 0.803. The van der Waals surface area contributed by atoms with Crippen molar-refractivity contribution in [1.29, 1.82) is 0 Å². The standard InChI is InChI=1S/C9H12BrNS/c10-9-4-3-8(12-9)7-2-1-5-11-6-7/h3-4,7,11H,1-2,5-6H2/t7-/m0/s1. The van der Waals surface area contributed by atoms with Crippen molar-refractivity contribution in [3.8, 4) is 0 Å². The fraction of sp³-hybridized carbons (Fsp3) is 0.556. The second-order valence-electron chi connectivity index (χ2n) is 3.19. The van der Waals surface area contributed by atoms with Gasteiger partial charge in [0.15, 0.2) is 0 Å². The molecule has 2 heterocycles. The lowest BCUT2D eigenvalue weighted by Crippen LogP contribution is -2.27. The van der Waals surface area contributed by atoms with Crippen LogP contribution in [-0.4, -0.2) is 13.1 Å². The lowest BCUT2D eigenvalue weighted by atomic mass is 9.98. The molecule has 0 saturated carbocycles. The Morgan fingerprint density at radius 1 is 1.50 bits per heavy atom. The Morgan fingerprint density at radius 3 is 3.00 bits per heavy atom. The third kappa shape index (κ3) is 1.90. The number of piperidine rings is 1. The van der Waals surface area contributed by atoms with Gasteiger partial charge in [-0.15, -0.1) is 11.3 Å². The molecule has 1 aromatic rings. The van der Waals surface area contributed by atoms with Crippen LogP contribution in [0.2, 0.25) is 0 Å². The molecule has 0 unspecified atom stereocenters. The highest BCUT2D eigenvalue weighted by atomic mass is 79.9. The molecule has 12 heavy (non-hydrogen) atoms. The average Bonchev–Trinajstić information content (AvgIpc) is 2.54. The highest BCUT2D eigenvalue weighted by molar-refractivity contribution is 9.11. The maximum Gasteiger partial charge on any atom is 0.0701 e. The minimum atomic E-state index is 0.759. The minimum absolute atomic E-state index is 0.759. The molecule has 1 N–H and O–H groups in total. The molecule has 0 spiro atoms. The predicted octanol–water partition coefficient (Wildman–Crippen LogP) is 2.98. The number of hydrogen-bond acceptors (Lipinski definition) is 2. The Kier molecular flexibility index (Phi) is 2.84. The van der Waals surface area contributed by atoms with E-state index in [9.17, 15) is 0 Å². The maximum atomic E-state index is 3.50. The van der Waals surface area contributed by atoms with Crippen molar-refractivity contribution in [2.45, 2.75) is 18.8 Å². The number of hydrogen-bond donors (Lipinski definition) is 1. The molecule has 1 fully saturated rings. The van der Waals surface area contributed by atoms with Gasteiger partial charge in [-0.25, -0.2) is 0 Å². The van der Waals surface area contributed by atoms with Gasteiger partial charge in [-0.2, -0.15) is 0 Å². The fourth-order valence-electron chi connectivity index (χ4n) is 1.64. The molecule has 0 aliphatic carbocycles. The Morgan fingerprint density at radius 2 is 2.42 bits per heavy atom. The van der Waals surface area contributed by atoms with Crippen LogP contribution in [0.1, 0.15) is 23.6 Å². The Balaban J connectivity index is 2.08. The molecule has 0 amide bonds. The highest BCUT2D eigenvalue weighted by Crippen LogP contribution is 2.31. The van der Waals surface area contributed by atoms with Crippen LogP contribution in [0.15, 0.2) is 15.9 Å². The normalized spacial score (nSPS) is 24.2. The van der Waals surface area contributed by atoms with E-state index in [1.807, 2.05) is 11.3 Å². The predicted molar refractivity (Wildman–Crippen MR) is 56.9 cm³/mol. The third-order valence-corrected chi connectivity index (χ3v) is 4.08. The van der Waals surface area contributed by atoms with Crippen LogP contribution in [0, 0.1) is 0 Å². The molecule has 1 nitrogen and oxygen atoms in total. The highest BCUT2D eigenvalue weighted by Gasteiger charge is 2.16. The van der Waals surface area contributed by atoms with Crippen molar-refractivity contribution in [1.82, 2.24) is 5.32 Å². The second kappa shape index (κ2) is 3.90. The van der Waals surface area contributed by atoms with Crippen LogP contribution in [0.3, 0.4) is 0 Å². The zero-order valence-corrected chi connectivity index (χ0v) is 9.25. The van der Waals surface area contributed by atoms with Gasteiger partial charge in [-0.1, -0.05) is 0 Å². The first-order valence-electron chi connectivity index (χ1n) is 4.32. The molecular formula is C9H12BrNS. The maximum absolute atomic E-state index is 3.50. The molecule has 1 aliphatic rings. The van der Waals surface area contributed by atoms with Gasteiger partial charge in [0.2, 0.25) is 0 Å². The van der Waals surface area contributed by atoms with Crippen LogP contribution in [0.4, 0.5) is 0 Å². The van der Waals surface area contributed by atoms with Gasteiger partial charge in [-0.05, 0) is 47.4 Å². The van der Waals surface area contributed by atoms with E-state index in [0.29, 0.717) is 0 Å². The molecule has 1 aromatic heterocycles. The molecule has 0 radical (unpaired) electrons. The largest absolute Gasteiger partial charge is 0.316 e. The number of rotatable bonds is 1. The third-order valence-electron chi connectivity index (χ3n) is 2.29. The molecule has 1 atom stereocenters. The Labute approximate surface area is 85.3 Å². The first-order valence-corrected chi connectivity index (χ1v) is 5.93. The minimum Gasteiger partial charge on any atom is -0.316 e. The van der Waals surface area contributed by atoms with Crippen molar-refractivity contribution >= 4 is 27.3 Å². The molecule has 1 saturated heterocycles. The van der Waals surface area contributed by atoms with E-state index in [2.05, 4.69) is 33.4 Å². The fourth-order valence-corrected chi connectivity index (χ4v) is 3.20. The number of thiophene rings is 1. The van der Waals surface area contributed by atoms with Crippen LogP contribution < -0.4 is 5.32 Å². The van der Waals surface area contributed by atoms with E-state index in [-0.39, 0.29) is 0 Å². The van der Waals surface area contributed by atoms with Gasteiger partial charge in [0, 0.05) is 17.3 Å². The van der Waals surface area contributed by atoms with Crippen molar-refractivity contribution < 1.29 is 0 Å². The lowest BCUT2D eigenvalue weighted by Gasteiger charge is -2.21. The monoisotopic (exact) mass is 245 g/mol. The van der Waals surface area contributed by atoms with Crippen LogP contribution >= 0.6 is 27.3 Å². The smallest absolute Gasteiger partial charge is 0.0701 e. The van der Waals surface area contributed by atoms with Gasteiger partial charge < -0.3 is 5.32 Å². The summed E-state index contributed by atoms with van der Waals surface area (Å²) in [4.78, 5) is 1.52. The van der Waals surface area contributed by atoms with Crippen molar-refractivity contribution in [2.24, 2.45) is 0 Å². The zero-order valence-electron chi connectivity index (χ0n) is 6.85. The summed E-state index contributed by atoms with van der Waals surface area (Å²) in [6.07, 6.45) is 2.67. The van der Waals surface area contributed by atoms with Crippen molar-refractivity contribution in [3.05, 3.63) is 20.8 Å². The zero-order chi connectivity index (χ0) is 8.39. The molecule has 0 aromatic carbocycles. The van der Waals surface area contributed by atoms with Gasteiger partial charge in [-0.3, -0.25) is 0 Å². The van der Waals surface area contributed by atoms with Gasteiger partial charge >= 0.3 is 0 Å². The van der Waals surface area contributed by atoms with Crippen molar-refractivity contribution in [2.75, 3.05) is 13.1 Å². The summed E-state index contributed by atoms with van der Waals surface area (Å²) in [5.41, 5.74) is 0. The average molecular weight is 246 g/mol. The van der Waals surface area contributed by atoms with E-state index in [1.165, 1.54) is 28.0 Å². The summed E-state index contributed by atoms with van der Waals surface area (Å²) in [5, 5.41) is 3.43. The molecule has 66 valence electrons. The van der Waals surface area contributed by atoms with E-state index >= 15 is 0 Å². The summed E-state index contributed by atoms with van der Waals surface area (Å²) in [7, 11) is 0. The summed E-state index contributed by atoms with van der Waals surface area (Å²) < 4.78 is 1.25. The van der Waals surface area contributed by atoms with E-state index in [1.54, 1.807) is 0 Å². The van der Waals surface area contributed by atoms with Crippen molar-refractivity contribution in [3.63, 3.8) is 0 Å². The van der Waals surface area contributed by atoms with E-state index in [0.717, 1.165) is 12.5 Å². The summed E-state index contributed by atoms with van der Waals surface area (Å²) in [5.74, 6) is 0.759.